The predicted octanol–water partition coefficient (Wildman–Crippen LogP) is 4.82. The van der Waals surface area contributed by atoms with E-state index < -0.39 is 11.6 Å². The number of benzene rings is 3. The summed E-state index contributed by atoms with van der Waals surface area (Å²) in [4.78, 5) is 24.4. The van der Waals surface area contributed by atoms with Crippen molar-refractivity contribution in [2.45, 2.75) is 0 Å². The van der Waals surface area contributed by atoms with Crippen LogP contribution in [0.4, 0.5) is 0 Å². The van der Waals surface area contributed by atoms with Gasteiger partial charge in [0.05, 0.1) is 16.0 Å². The Balaban J connectivity index is 1.77. The van der Waals surface area contributed by atoms with Gasteiger partial charge < -0.3 is 9.15 Å². The van der Waals surface area contributed by atoms with E-state index in [1.165, 1.54) is 6.07 Å². The van der Waals surface area contributed by atoms with Gasteiger partial charge in [-0.3, -0.25) is 0 Å². The molecule has 0 spiro atoms. The van der Waals surface area contributed by atoms with Crippen LogP contribution in [0.15, 0.2) is 75.9 Å². The van der Waals surface area contributed by atoms with E-state index in [1.807, 2.05) is 12.1 Å². The molecule has 122 valence electrons. The minimum atomic E-state index is -0.576. The highest BCUT2D eigenvalue weighted by molar-refractivity contribution is 6.33. The number of fused-ring (bicyclic) bond motifs is 3. The van der Waals surface area contributed by atoms with Crippen LogP contribution in [0.5, 0.6) is 5.75 Å². The molecule has 0 aliphatic heterocycles. The molecule has 4 rings (SSSR count). The SMILES string of the molecule is O=C(Oc1ccc2c(c1)oc(=O)c1ccccc12)c1ccccc1Cl. The highest BCUT2D eigenvalue weighted by Gasteiger charge is 2.14. The van der Waals surface area contributed by atoms with E-state index in [-0.39, 0.29) is 11.3 Å². The summed E-state index contributed by atoms with van der Waals surface area (Å²) in [5, 5.41) is 2.38. The lowest BCUT2D eigenvalue weighted by molar-refractivity contribution is 0.0735. The van der Waals surface area contributed by atoms with Gasteiger partial charge in [-0.05, 0) is 35.7 Å². The first-order valence-corrected chi connectivity index (χ1v) is 7.93. The van der Waals surface area contributed by atoms with Gasteiger partial charge in [0, 0.05) is 11.5 Å². The smallest absolute Gasteiger partial charge is 0.345 e. The van der Waals surface area contributed by atoms with Crippen LogP contribution < -0.4 is 10.4 Å². The van der Waals surface area contributed by atoms with E-state index in [1.54, 1.807) is 48.5 Å². The third-order valence-electron chi connectivity index (χ3n) is 3.90. The van der Waals surface area contributed by atoms with Crippen molar-refractivity contribution in [1.82, 2.24) is 0 Å². The van der Waals surface area contributed by atoms with Gasteiger partial charge >= 0.3 is 11.6 Å². The summed E-state index contributed by atoms with van der Waals surface area (Å²) in [6, 6.07) is 18.8. The van der Waals surface area contributed by atoms with Crippen LogP contribution in [-0.4, -0.2) is 5.97 Å². The molecule has 0 saturated carbocycles. The fraction of sp³-hybridized carbons (Fsp3) is 0. The van der Waals surface area contributed by atoms with Crippen LogP contribution in [0.25, 0.3) is 21.7 Å². The second kappa shape index (κ2) is 6.07. The number of ether oxygens (including phenoxy) is 1. The van der Waals surface area contributed by atoms with Gasteiger partial charge in [0.2, 0.25) is 0 Å². The van der Waals surface area contributed by atoms with E-state index in [0.717, 1.165) is 10.8 Å². The first kappa shape index (κ1) is 15.4. The number of rotatable bonds is 2. The second-order valence-electron chi connectivity index (χ2n) is 5.46. The number of hydrogen-bond acceptors (Lipinski definition) is 4. The highest BCUT2D eigenvalue weighted by atomic mass is 35.5. The van der Waals surface area contributed by atoms with Crippen LogP contribution >= 0.6 is 11.6 Å². The van der Waals surface area contributed by atoms with E-state index in [4.69, 9.17) is 20.8 Å². The molecule has 0 aliphatic rings. The summed E-state index contributed by atoms with van der Waals surface area (Å²) in [5.74, 6) is -0.302. The summed E-state index contributed by atoms with van der Waals surface area (Å²) >= 11 is 6.01. The molecular weight excluding hydrogens is 340 g/mol. The second-order valence-corrected chi connectivity index (χ2v) is 5.87. The van der Waals surface area contributed by atoms with Crippen LogP contribution in [0, 0.1) is 0 Å². The van der Waals surface area contributed by atoms with Crippen LogP contribution in [0.3, 0.4) is 0 Å². The first-order chi connectivity index (χ1) is 12.1. The van der Waals surface area contributed by atoms with Crippen molar-refractivity contribution in [3.63, 3.8) is 0 Å². The molecule has 0 radical (unpaired) electrons. The zero-order valence-corrected chi connectivity index (χ0v) is 13.6. The molecule has 1 aromatic heterocycles. The molecule has 0 aliphatic carbocycles. The fourth-order valence-electron chi connectivity index (χ4n) is 2.71. The molecule has 0 N–H and O–H groups in total. The average Bonchev–Trinajstić information content (AvgIpc) is 2.62. The molecule has 4 nitrogen and oxygen atoms in total. The van der Waals surface area contributed by atoms with Gasteiger partial charge in [0.25, 0.3) is 0 Å². The first-order valence-electron chi connectivity index (χ1n) is 7.56. The van der Waals surface area contributed by atoms with Crippen LogP contribution in [-0.2, 0) is 0 Å². The molecule has 0 amide bonds. The Hall–Kier alpha value is -3.11. The summed E-state index contributed by atoms with van der Waals surface area (Å²) < 4.78 is 10.7. The van der Waals surface area contributed by atoms with Gasteiger partial charge in [-0.25, -0.2) is 9.59 Å². The maximum Gasteiger partial charge on any atom is 0.345 e. The largest absolute Gasteiger partial charge is 0.423 e. The molecule has 25 heavy (non-hydrogen) atoms. The van der Waals surface area contributed by atoms with Gasteiger partial charge in [-0.15, -0.1) is 0 Å². The van der Waals surface area contributed by atoms with E-state index >= 15 is 0 Å². The van der Waals surface area contributed by atoms with Crippen molar-refractivity contribution in [3.8, 4) is 5.75 Å². The highest BCUT2D eigenvalue weighted by Crippen LogP contribution is 2.27. The number of carbonyl (C=O) groups excluding carboxylic acids is 1. The average molecular weight is 351 g/mol. The Kier molecular flexibility index (Phi) is 3.75. The molecule has 0 unspecified atom stereocenters. The van der Waals surface area contributed by atoms with Crippen molar-refractivity contribution < 1.29 is 13.9 Å². The molecule has 1 heterocycles. The summed E-state index contributed by atoms with van der Waals surface area (Å²) in [7, 11) is 0. The molecular formula is C20H11ClO4. The maximum absolute atomic E-state index is 12.3. The Morgan fingerprint density at radius 2 is 1.60 bits per heavy atom. The monoisotopic (exact) mass is 350 g/mol. The van der Waals surface area contributed by atoms with E-state index in [0.29, 0.717) is 16.0 Å². The quantitative estimate of drug-likeness (QED) is 0.225. The molecule has 5 heteroatoms. The fourth-order valence-corrected chi connectivity index (χ4v) is 2.93. The number of hydrogen-bond donors (Lipinski definition) is 0. The predicted molar refractivity (Wildman–Crippen MR) is 96.4 cm³/mol. The molecule has 3 aromatic carbocycles. The van der Waals surface area contributed by atoms with Crippen LogP contribution in [0.2, 0.25) is 5.02 Å². The van der Waals surface area contributed by atoms with E-state index in [9.17, 15) is 9.59 Å². The lowest BCUT2D eigenvalue weighted by Crippen LogP contribution is -2.09. The Labute approximate surface area is 147 Å². The third kappa shape index (κ3) is 2.77. The van der Waals surface area contributed by atoms with Gasteiger partial charge in [-0.1, -0.05) is 41.9 Å². The Bertz CT molecular complexity index is 1180. The number of esters is 1. The zero-order chi connectivity index (χ0) is 17.4. The third-order valence-corrected chi connectivity index (χ3v) is 4.23. The Morgan fingerprint density at radius 3 is 2.40 bits per heavy atom. The van der Waals surface area contributed by atoms with Crippen LogP contribution in [0.1, 0.15) is 10.4 Å². The molecule has 0 bridgehead atoms. The summed E-state index contributed by atoms with van der Waals surface area (Å²) in [6.45, 7) is 0. The van der Waals surface area contributed by atoms with Crippen molar-refractivity contribution in [2.75, 3.05) is 0 Å². The minimum Gasteiger partial charge on any atom is -0.423 e. The minimum absolute atomic E-state index is 0.268. The normalized spacial score (nSPS) is 10.9. The molecule has 0 saturated heterocycles. The Morgan fingerprint density at radius 1 is 0.880 bits per heavy atom. The molecule has 0 atom stereocenters. The molecule has 4 aromatic rings. The van der Waals surface area contributed by atoms with Crippen molar-refractivity contribution >= 4 is 39.3 Å². The van der Waals surface area contributed by atoms with Gasteiger partial charge in [0.1, 0.15) is 11.3 Å². The van der Waals surface area contributed by atoms with Crippen molar-refractivity contribution in [1.29, 1.82) is 0 Å². The van der Waals surface area contributed by atoms with Crippen molar-refractivity contribution in [2.24, 2.45) is 0 Å². The molecule has 0 fully saturated rings. The lowest BCUT2D eigenvalue weighted by Gasteiger charge is -2.07. The van der Waals surface area contributed by atoms with Crippen molar-refractivity contribution in [3.05, 3.63) is 87.7 Å². The standard InChI is InChI=1S/C20H11ClO4/c21-17-8-4-3-7-16(17)20(23)24-12-9-10-14-13-5-1-2-6-15(13)19(22)25-18(14)11-12/h1-11H. The number of halogens is 1. The topological polar surface area (TPSA) is 56.5 Å². The van der Waals surface area contributed by atoms with Gasteiger partial charge in [0.15, 0.2) is 0 Å². The summed E-state index contributed by atoms with van der Waals surface area (Å²) in [5.41, 5.74) is 0.190. The van der Waals surface area contributed by atoms with E-state index in [2.05, 4.69) is 0 Å². The maximum atomic E-state index is 12.3. The van der Waals surface area contributed by atoms with Gasteiger partial charge in [-0.2, -0.15) is 0 Å². The summed E-state index contributed by atoms with van der Waals surface area (Å²) in [6.07, 6.45) is 0. The number of carbonyl (C=O) groups is 1. The lowest BCUT2D eigenvalue weighted by atomic mass is 10.1. The zero-order valence-electron chi connectivity index (χ0n) is 12.9.